The van der Waals surface area contributed by atoms with Gasteiger partial charge in [0.2, 0.25) is 0 Å². The molecule has 2 heterocycles. The molecule has 6 heteroatoms. The molecule has 0 radical (unpaired) electrons. The molecule has 6 nitrogen and oxygen atoms in total. The average molecular weight is 283 g/mol. The average Bonchev–Trinajstić information content (AvgIpc) is 2.52. The Morgan fingerprint density at radius 3 is 2.86 bits per heavy atom. The van der Waals surface area contributed by atoms with E-state index in [9.17, 15) is 9.59 Å². The van der Waals surface area contributed by atoms with Crippen molar-refractivity contribution < 1.29 is 14.7 Å². The summed E-state index contributed by atoms with van der Waals surface area (Å²) in [7, 11) is 0. The molecule has 2 aromatic heterocycles. The van der Waals surface area contributed by atoms with Crippen molar-refractivity contribution in [1.82, 2.24) is 15.3 Å². The minimum atomic E-state index is -1.06. The lowest BCUT2D eigenvalue weighted by Gasteiger charge is -2.05. The highest BCUT2D eigenvalue weighted by atomic mass is 16.4. The van der Waals surface area contributed by atoms with Crippen LogP contribution in [0.2, 0.25) is 0 Å². The van der Waals surface area contributed by atoms with Crippen molar-refractivity contribution >= 4 is 18.0 Å². The van der Waals surface area contributed by atoms with Gasteiger partial charge in [-0.15, -0.1) is 0 Å². The number of nitrogens with one attached hydrogen (secondary N) is 1. The zero-order valence-corrected chi connectivity index (χ0v) is 11.1. The van der Waals surface area contributed by atoms with Crippen molar-refractivity contribution in [3.8, 4) is 0 Å². The van der Waals surface area contributed by atoms with E-state index in [0.717, 1.165) is 11.8 Å². The summed E-state index contributed by atoms with van der Waals surface area (Å²) in [5.74, 6) is -1.35. The van der Waals surface area contributed by atoms with Crippen molar-refractivity contribution in [3.63, 3.8) is 0 Å². The number of hydrogen-bond donors (Lipinski definition) is 2. The highest BCUT2D eigenvalue weighted by molar-refractivity contribution is 5.94. The first-order valence-corrected chi connectivity index (χ1v) is 6.19. The molecule has 2 rings (SSSR count). The van der Waals surface area contributed by atoms with Crippen molar-refractivity contribution in [3.05, 3.63) is 65.8 Å². The molecule has 1 amide bonds. The maximum absolute atomic E-state index is 12.0. The van der Waals surface area contributed by atoms with E-state index in [0.29, 0.717) is 17.7 Å². The van der Waals surface area contributed by atoms with Gasteiger partial charge in [-0.1, -0.05) is 6.07 Å². The Hall–Kier alpha value is -3.02. The van der Waals surface area contributed by atoms with Crippen LogP contribution in [0.15, 0.2) is 48.9 Å². The monoisotopic (exact) mass is 283 g/mol. The molecule has 2 N–H and O–H groups in total. The largest absolute Gasteiger partial charge is 0.478 e. The van der Waals surface area contributed by atoms with Crippen LogP contribution in [0.3, 0.4) is 0 Å². The number of carboxylic acid groups (broad SMARTS) is 1. The second-order valence-corrected chi connectivity index (χ2v) is 4.18. The van der Waals surface area contributed by atoms with Gasteiger partial charge in [-0.2, -0.15) is 0 Å². The van der Waals surface area contributed by atoms with E-state index in [1.807, 2.05) is 12.1 Å². The molecule has 106 valence electrons. The number of carboxylic acids is 1. The number of rotatable bonds is 5. The summed E-state index contributed by atoms with van der Waals surface area (Å²) in [6.45, 7) is 0.314. The SMILES string of the molecule is O=C(O)C=Cc1cncc(C(=O)NCc2ccccn2)c1. The number of pyridine rings is 2. The number of hydrogen-bond acceptors (Lipinski definition) is 4. The minimum Gasteiger partial charge on any atom is -0.478 e. The number of aromatic nitrogens is 2. The van der Waals surface area contributed by atoms with Crippen LogP contribution >= 0.6 is 0 Å². The molecule has 0 aliphatic rings. The molecule has 0 spiro atoms. The second kappa shape index (κ2) is 6.95. The predicted octanol–water partition coefficient (Wildman–Crippen LogP) is 1.50. The molecular formula is C15H13N3O3. The molecule has 0 bridgehead atoms. The van der Waals surface area contributed by atoms with E-state index in [4.69, 9.17) is 5.11 Å². The lowest BCUT2D eigenvalue weighted by atomic mass is 10.2. The van der Waals surface area contributed by atoms with Gasteiger partial charge >= 0.3 is 5.97 Å². The van der Waals surface area contributed by atoms with Crippen LogP contribution in [0.5, 0.6) is 0 Å². The highest BCUT2D eigenvalue weighted by Gasteiger charge is 2.06. The number of nitrogens with zero attached hydrogens (tertiary/aromatic N) is 2. The van der Waals surface area contributed by atoms with Gasteiger partial charge in [0.1, 0.15) is 0 Å². The van der Waals surface area contributed by atoms with E-state index in [1.165, 1.54) is 18.5 Å². The Labute approximate surface area is 121 Å². The Balaban J connectivity index is 2.02. The Bertz CT molecular complexity index is 669. The van der Waals surface area contributed by atoms with Gasteiger partial charge < -0.3 is 10.4 Å². The van der Waals surface area contributed by atoms with Crippen LogP contribution in [-0.4, -0.2) is 27.0 Å². The molecule has 0 unspecified atom stereocenters. The molecule has 0 aromatic carbocycles. The van der Waals surface area contributed by atoms with Gasteiger partial charge in [-0.3, -0.25) is 14.8 Å². The summed E-state index contributed by atoms with van der Waals surface area (Å²) in [4.78, 5) is 30.5. The van der Waals surface area contributed by atoms with Gasteiger partial charge in [-0.05, 0) is 29.8 Å². The third-order valence-electron chi connectivity index (χ3n) is 2.60. The standard InChI is InChI=1S/C15H13N3O3/c19-14(20)5-4-11-7-12(9-16-8-11)15(21)18-10-13-3-1-2-6-17-13/h1-9H,10H2,(H,18,21)(H,19,20). The smallest absolute Gasteiger partial charge is 0.328 e. The van der Waals surface area contributed by atoms with Crippen LogP contribution in [0.1, 0.15) is 21.6 Å². The fourth-order valence-electron chi connectivity index (χ4n) is 1.62. The maximum atomic E-state index is 12.0. The van der Waals surface area contributed by atoms with Crippen LogP contribution in [0.4, 0.5) is 0 Å². The van der Waals surface area contributed by atoms with Crippen LogP contribution in [-0.2, 0) is 11.3 Å². The lowest BCUT2D eigenvalue weighted by Crippen LogP contribution is -2.23. The minimum absolute atomic E-state index is 0.293. The summed E-state index contributed by atoms with van der Waals surface area (Å²) in [6.07, 6.45) is 6.93. The molecule has 0 aliphatic heterocycles. The van der Waals surface area contributed by atoms with Crippen molar-refractivity contribution in [2.45, 2.75) is 6.54 Å². The van der Waals surface area contributed by atoms with E-state index in [2.05, 4.69) is 15.3 Å². The normalized spacial score (nSPS) is 10.5. The first-order chi connectivity index (χ1) is 10.1. The van der Waals surface area contributed by atoms with Gasteiger partial charge in [-0.25, -0.2) is 4.79 Å². The number of carbonyl (C=O) groups is 2. The van der Waals surface area contributed by atoms with Gasteiger partial charge in [0.15, 0.2) is 0 Å². The molecule has 0 saturated carbocycles. The van der Waals surface area contributed by atoms with E-state index in [-0.39, 0.29) is 5.91 Å². The van der Waals surface area contributed by atoms with Crippen LogP contribution < -0.4 is 5.32 Å². The van der Waals surface area contributed by atoms with E-state index < -0.39 is 5.97 Å². The summed E-state index contributed by atoms with van der Waals surface area (Å²) in [6, 6.07) is 7.02. The topological polar surface area (TPSA) is 92.2 Å². The quantitative estimate of drug-likeness (QED) is 0.811. The fraction of sp³-hybridized carbons (Fsp3) is 0.0667. The molecule has 0 aliphatic carbocycles. The predicted molar refractivity (Wildman–Crippen MR) is 76.3 cm³/mol. The molecule has 0 fully saturated rings. The van der Waals surface area contributed by atoms with Crippen molar-refractivity contribution in [2.24, 2.45) is 0 Å². The second-order valence-electron chi connectivity index (χ2n) is 4.18. The Kier molecular flexibility index (Phi) is 4.76. The van der Waals surface area contributed by atoms with Crippen molar-refractivity contribution in [1.29, 1.82) is 0 Å². The van der Waals surface area contributed by atoms with Crippen molar-refractivity contribution in [2.75, 3.05) is 0 Å². The summed E-state index contributed by atoms with van der Waals surface area (Å²) in [5, 5.41) is 11.3. The first kappa shape index (κ1) is 14.4. The molecular weight excluding hydrogens is 270 g/mol. The maximum Gasteiger partial charge on any atom is 0.328 e. The number of carbonyl (C=O) groups excluding carboxylic acids is 1. The Morgan fingerprint density at radius 1 is 1.29 bits per heavy atom. The molecule has 0 saturated heterocycles. The van der Waals surface area contributed by atoms with E-state index >= 15 is 0 Å². The summed E-state index contributed by atoms with van der Waals surface area (Å²) < 4.78 is 0. The van der Waals surface area contributed by atoms with Gasteiger partial charge in [0, 0.05) is 24.7 Å². The van der Waals surface area contributed by atoms with E-state index in [1.54, 1.807) is 18.3 Å². The van der Waals surface area contributed by atoms with Crippen LogP contribution in [0.25, 0.3) is 6.08 Å². The van der Waals surface area contributed by atoms with Gasteiger partial charge in [0.25, 0.3) is 5.91 Å². The zero-order chi connectivity index (χ0) is 15.1. The first-order valence-electron chi connectivity index (χ1n) is 6.19. The summed E-state index contributed by atoms with van der Waals surface area (Å²) >= 11 is 0. The lowest BCUT2D eigenvalue weighted by molar-refractivity contribution is -0.131. The number of aliphatic carboxylic acids is 1. The zero-order valence-electron chi connectivity index (χ0n) is 11.1. The third-order valence-corrected chi connectivity index (χ3v) is 2.60. The summed E-state index contributed by atoms with van der Waals surface area (Å²) in [5.41, 5.74) is 1.65. The molecule has 2 aromatic rings. The third kappa shape index (κ3) is 4.54. The number of amides is 1. The highest BCUT2D eigenvalue weighted by Crippen LogP contribution is 2.05. The van der Waals surface area contributed by atoms with Gasteiger partial charge in [0.05, 0.1) is 17.8 Å². The Morgan fingerprint density at radius 2 is 2.14 bits per heavy atom. The molecule has 0 atom stereocenters. The molecule has 21 heavy (non-hydrogen) atoms. The van der Waals surface area contributed by atoms with Crippen LogP contribution in [0, 0.1) is 0 Å². The fourth-order valence-corrected chi connectivity index (χ4v) is 1.62.